The normalized spacial score (nSPS) is 11.0. The molecule has 2 aromatic carbocycles. The van der Waals surface area contributed by atoms with Crippen LogP contribution in [0.25, 0.3) is 11.4 Å². The molecule has 0 bridgehead atoms. The van der Waals surface area contributed by atoms with Crippen molar-refractivity contribution in [3.8, 4) is 17.1 Å². The van der Waals surface area contributed by atoms with Crippen molar-refractivity contribution in [1.82, 2.24) is 14.9 Å². The SMILES string of the molecule is COc1ccc(Br)cc1/C=N\n1cnnc1-c1ccccc1. The lowest BCUT2D eigenvalue weighted by atomic mass is 10.2. The lowest BCUT2D eigenvalue weighted by Gasteiger charge is -2.05. The van der Waals surface area contributed by atoms with E-state index in [1.807, 2.05) is 48.5 Å². The maximum Gasteiger partial charge on any atom is 0.184 e. The fraction of sp³-hybridized carbons (Fsp3) is 0.0625. The van der Waals surface area contributed by atoms with E-state index >= 15 is 0 Å². The van der Waals surface area contributed by atoms with Gasteiger partial charge in [0.25, 0.3) is 0 Å². The van der Waals surface area contributed by atoms with Gasteiger partial charge in [0.1, 0.15) is 12.1 Å². The second kappa shape index (κ2) is 6.53. The highest BCUT2D eigenvalue weighted by atomic mass is 79.9. The lowest BCUT2D eigenvalue weighted by Crippen LogP contribution is -1.95. The van der Waals surface area contributed by atoms with E-state index in [2.05, 4.69) is 31.2 Å². The van der Waals surface area contributed by atoms with Crippen molar-refractivity contribution < 1.29 is 4.74 Å². The van der Waals surface area contributed by atoms with Gasteiger partial charge >= 0.3 is 0 Å². The van der Waals surface area contributed by atoms with Crippen LogP contribution in [-0.4, -0.2) is 28.2 Å². The van der Waals surface area contributed by atoms with Gasteiger partial charge in [0, 0.05) is 15.6 Å². The van der Waals surface area contributed by atoms with Gasteiger partial charge in [0.05, 0.1) is 13.3 Å². The van der Waals surface area contributed by atoms with Crippen LogP contribution in [0.4, 0.5) is 0 Å². The van der Waals surface area contributed by atoms with Crippen LogP contribution in [0.5, 0.6) is 5.75 Å². The summed E-state index contributed by atoms with van der Waals surface area (Å²) in [6, 6.07) is 15.5. The second-order valence-corrected chi connectivity index (χ2v) is 5.41. The summed E-state index contributed by atoms with van der Waals surface area (Å²) in [6.45, 7) is 0. The van der Waals surface area contributed by atoms with Crippen molar-refractivity contribution >= 4 is 22.1 Å². The molecule has 22 heavy (non-hydrogen) atoms. The number of aromatic nitrogens is 3. The van der Waals surface area contributed by atoms with Gasteiger partial charge in [-0.2, -0.15) is 9.78 Å². The lowest BCUT2D eigenvalue weighted by molar-refractivity contribution is 0.414. The summed E-state index contributed by atoms with van der Waals surface area (Å²) in [7, 11) is 1.63. The summed E-state index contributed by atoms with van der Waals surface area (Å²) < 4.78 is 7.93. The monoisotopic (exact) mass is 356 g/mol. The zero-order chi connectivity index (χ0) is 15.4. The van der Waals surface area contributed by atoms with Crippen LogP contribution in [-0.2, 0) is 0 Å². The Bertz CT molecular complexity index is 799. The van der Waals surface area contributed by atoms with Crippen molar-refractivity contribution in [3.63, 3.8) is 0 Å². The standard InChI is InChI=1S/C16H13BrN4O/c1-22-15-8-7-14(17)9-13(15)10-19-21-11-18-20-16(21)12-5-3-2-4-6-12/h2-11H,1H3/b19-10-. The van der Waals surface area contributed by atoms with Crippen LogP contribution in [0.2, 0.25) is 0 Å². The molecule has 0 amide bonds. The van der Waals surface area contributed by atoms with Crippen molar-refractivity contribution in [1.29, 1.82) is 0 Å². The summed E-state index contributed by atoms with van der Waals surface area (Å²) >= 11 is 3.45. The van der Waals surface area contributed by atoms with Gasteiger partial charge in [0.15, 0.2) is 5.82 Å². The third kappa shape index (κ3) is 3.07. The molecule has 0 atom stereocenters. The van der Waals surface area contributed by atoms with Crippen LogP contribution in [0.15, 0.2) is 64.4 Å². The first-order valence-corrected chi connectivity index (χ1v) is 7.40. The Hall–Kier alpha value is -2.47. The number of hydrogen-bond donors (Lipinski definition) is 0. The van der Waals surface area contributed by atoms with Gasteiger partial charge in [-0.05, 0) is 18.2 Å². The van der Waals surface area contributed by atoms with Crippen LogP contribution in [0.1, 0.15) is 5.56 Å². The van der Waals surface area contributed by atoms with E-state index in [0.29, 0.717) is 5.82 Å². The first-order valence-electron chi connectivity index (χ1n) is 6.61. The van der Waals surface area contributed by atoms with E-state index in [9.17, 15) is 0 Å². The van der Waals surface area contributed by atoms with E-state index in [-0.39, 0.29) is 0 Å². The summed E-state index contributed by atoms with van der Waals surface area (Å²) in [6.07, 6.45) is 3.29. The van der Waals surface area contributed by atoms with Crippen molar-refractivity contribution in [2.45, 2.75) is 0 Å². The molecule has 0 aliphatic rings. The smallest absolute Gasteiger partial charge is 0.184 e. The van der Waals surface area contributed by atoms with Crippen molar-refractivity contribution in [3.05, 3.63) is 64.9 Å². The molecule has 0 N–H and O–H groups in total. The van der Waals surface area contributed by atoms with Gasteiger partial charge in [-0.3, -0.25) is 0 Å². The minimum absolute atomic E-state index is 0.686. The minimum atomic E-state index is 0.686. The molecular weight excluding hydrogens is 344 g/mol. The molecule has 0 saturated heterocycles. The van der Waals surface area contributed by atoms with Crippen LogP contribution < -0.4 is 4.74 Å². The van der Waals surface area contributed by atoms with Crippen LogP contribution in [0.3, 0.4) is 0 Å². The van der Waals surface area contributed by atoms with Gasteiger partial charge in [0.2, 0.25) is 0 Å². The summed E-state index contributed by atoms with van der Waals surface area (Å²) in [5, 5.41) is 12.5. The second-order valence-electron chi connectivity index (χ2n) is 4.50. The molecule has 3 aromatic rings. The van der Waals surface area contributed by atoms with Crippen LogP contribution >= 0.6 is 15.9 Å². The van der Waals surface area contributed by atoms with E-state index in [1.165, 1.54) is 0 Å². The Morgan fingerprint density at radius 2 is 2.00 bits per heavy atom. The molecule has 1 aromatic heterocycles. The first kappa shape index (κ1) is 14.5. The molecule has 6 heteroatoms. The Labute approximate surface area is 136 Å². The Kier molecular flexibility index (Phi) is 4.29. The number of nitrogens with zero attached hydrogens (tertiary/aromatic N) is 4. The topological polar surface area (TPSA) is 52.3 Å². The Balaban J connectivity index is 1.95. The van der Waals surface area contributed by atoms with Gasteiger partial charge < -0.3 is 4.74 Å². The molecule has 0 fully saturated rings. The highest BCUT2D eigenvalue weighted by molar-refractivity contribution is 9.10. The zero-order valence-electron chi connectivity index (χ0n) is 11.8. The molecule has 0 aliphatic heterocycles. The summed E-state index contributed by atoms with van der Waals surface area (Å²) in [5.74, 6) is 1.44. The fourth-order valence-corrected chi connectivity index (χ4v) is 2.40. The number of methoxy groups -OCH3 is 1. The van der Waals surface area contributed by atoms with E-state index < -0.39 is 0 Å². The van der Waals surface area contributed by atoms with E-state index in [1.54, 1.807) is 24.3 Å². The summed E-state index contributed by atoms with van der Waals surface area (Å²) in [4.78, 5) is 0. The number of hydrogen-bond acceptors (Lipinski definition) is 4. The molecule has 1 heterocycles. The highest BCUT2D eigenvalue weighted by Crippen LogP contribution is 2.22. The number of rotatable bonds is 4. The highest BCUT2D eigenvalue weighted by Gasteiger charge is 2.06. The van der Waals surface area contributed by atoms with E-state index in [4.69, 9.17) is 4.74 Å². The first-order chi connectivity index (χ1) is 10.8. The molecule has 3 rings (SSSR count). The summed E-state index contributed by atoms with van der Waals surface area (Å²) in [5.41, 5.74) is 1.82. The van der Waals surface area contributed by atoms with Gasteiger partial charge in [-0.15, -0.1) is 10.2 Å². The number of ether oxygens (including phenoxy) is 1. The molecule has 0 spiro atoms. The number of benzene rings is 2. The molecule has 0 radical (unpaired) electrons. The average Bonchev–Trinajstić information content (AvgIpc) is 3.02. The third-order valence-corrected chi connectivity index (χ3v) is 3.57. The molecule has 110 valence electrons. The third-order valence-electron chi connectivity index (χ3n) is 3.08. The predicted octanol–water partition coefficient (Wildman–Crippen LogP) is 3.60. The maximum atomic E-state index is 5.33. The van der Waals surface area contributed by atoms with Crippen molar-refractivity contribution in [2.75, 3.05) is 7.11 Å². The predicted molar refractivity (Wildman–Crippen MR) is 89.1 cm³/mol. The van der Waals surface area contributed by atoms with Crippen molar-refractivity contribution in [2.24, 2.45) is 5.10 Å². The largest absolute Gasteiger partial charge is 0.496 e. The number of halogens is 1. The molecule has 0 saturated carbocycles. The quantitative estimate of drug-likeness (QED) is 0.671. The molecule has 0 unspecified atom stereocenters. The maximum absolute atomic E-state index is 5.33. The zero-order valence-corrected chi connectivity index (χ0v) is 13.4. The van der Waals surface area contributed by atoms with Crippen LogP contribution in [0, 0.1) is 0 Å². The van der Waals surface area contributed by atoms with Gasteiger partial charge in [-0.25, -0.2) is 0 Å². The van der Waals surface area contributed by atoms with E-state index in [0.717, 1.165) is 21.3 Å². The molecule has 5 nitrogen and oxygen atoms in total. The average molecular weight is 357 g/mol. The molecular formula is C16H13BrN4O. The Morgan fingerprint density at radius 3 is 2.77 bits per heavy atom. The fourth-order valence-electron chi connectivity index (χ4n) is 2.02. The molecule has 0 aliphatic carbocycles. The van der Waals surface area contributed by atoms with Gasteiger partial charge in [-0.1, -0.05) is 46.3 Å². The minimum Gasteiger partial charge on any atom is -0.496 e. The Morgan fingerprint density at radius 1 is 1.18 bits per heavy atom.